The summed E-state index contributed by atoms with van der Waals surface area (Å²) in [6.07, 6.45) is -0.206. The molecule has 0 N–H and O–H groups in total. The lowest BCUT2D eigenvalue weighted by atomic mass is 10.0. The van der Waals surface area contributed by atoms with Crippen molar-refractivity contribution in [2.75, 3.05) is 0 Å². The molecule has 1 aromatic carbocycles. The summed E-state index contributed by atoms with van der Waals surface area (Å²) in [6, 6.07) is 7.22. The van der Waals surface area contributed by atoms with Crippen LogP contribution in [0.1, 0.15) is 43.1 Å². The number of rotatable bonds is 3. The van der Waals surface area contributed by atoms with Gasteiger partial charge in [0.2, 0.25) is 0 Å². The van der Waals surface area contributed by atoms with Gasteiger partial charge in [0.05, 0.1) is 0 Å². The largest absolute Gasteiger partial charge is 0.460 e. The van der Waals surface area contributed by atoms with Gasteiger partial charge in [-0.25, -0.2) is 0 Å². The first-order chi connectivity index (χ1) is 7.79. The summed E-state index contributed by atoms with van der Waals surface area (Å²) in [4.78, 5) is 23.4. The number of ketones is 1. The Kier molecular flexibility index (Phi) is 4.05. The van der Waals surface area contributed by atoms with E-state index in [0.717, 1.165) is 5.56 Å². The van der Waals surface area contributed by atoms with Gasteiger partial charge in [-0.1, -0.05) is 24.3 Å². The lowest BCUT2D eigenvalue weighted by molar-refractivity contribution is -0.153. The molecule has 0 bridgehead atoms. The van der Waals surface area contributed by atoms with Crippen LogP contribution in [0.3, 0.4) is 0 Å². The molecule has 1 rings (SSSR count). The average molecular weight is 234 g/mol. The number of ether oxygens (including phenoxy) is 1. The molecule has 0 saturated heterocycles. The van der Waals surface area contributed by atoms with Crippen LogP contribution < -0.4 is 0 Å². The smallest absolute Gasteiger partial charge is 0.314 e. The number of carbonyl (C=O) groups excluding carboxylic acids is 2. The summed E-state index contributed by atoms with van der Waals surface area (Å²) < 4.78 is 5.11. The second kappa shape index (κ2) is 5.13. The highest BCUT2D eigenvalue weighted by atomic mass is 16.6. The van der Waals surface area contributed by atoms with Crippen molar-refractivity contribution in [1.82, 2.24) is 0 Å². The number of Topliss-reactive ketones (excluding diaryl/α,β-unsaturated/α-hetero) is 1. The highest BCUT2D eigenvalue weighted by Gasteiger charge is 2.20. The molecule has 1 aromatic rings. The molecule has 0 spiro atoms. The van der Waals surface area contributed by atoms with E-state index in [9.17, 15) is 9.59 Å². The average Bonchev–Trinajstić information content (AvgIpc) is 2.14. The molecule has 0 amide bonds. The molecule has 92 valence electrons. The number of aryl methyl sites for hydroxylation is 1. The minimum Gasteiger partial charge on any atom is -0.460 e. The monoisotopic (exact) mass is 234 g/mol. The number of esters is 1. The Balaban J connectivity index is 2.68. The molecular formula is C14H18O3. The quantitative estimate of drug-likeness (QED) is 0.459. The van der Waals surface area contributed by atoms with Crippen LogP contribution in [-0.2, 0) is 9.53 Å². The Morgan fingerprint density at radius 1 is 1.18 bits per heavy atom. The first kappa shape index (κ1) is 13.4. The van der Waals surface area contributed by atoms with Gasteiger partial charge in [0, 0.05) is 5.56 Å². The van der Waals surface area contributed by atoms with Crippen LogP contribution in [0, 0.1) is 6.92 Å². The molecule has 0 aliphatic rings. The van der Waals surface area contributed by atoms with E-state index < -0.39 is 11.6 Å². The van der Waals surface area contributed by atoms with Gasteiger partial charge in [-0.05, 0) is 33.3 Å². The Labute approximate surface area is 102 Å². The van der Waals surface area contributed by atoms with Gasteiger partial charge in [-0.3, -0.25) is 9.59 Å². The maximum absolute atomic E-state index is 11.9. The molecule has 0 heterocycles. The summed E-state index contributed by atoms with van der Waals surface area (Å²) >= 11 is 0. The maximum atomic E-state index is 11.9. The fourth-order valence-electron chi connectivity index (χ4n) is 1.49. The molecule has 3 heteroatoms. The maximum Gasteiger partial charge on any atom is 0.314 e. The molecule has 0 aromatic heterocycles. The van der Waals surface area contributed by atoms with Crippen molar-refractivity contribution in [2.24, 2.45) is 0 Å². The second-order valence-electron chi connectivity index (χ2n) is 5.00. The Morgan fingerprint density at radius 2 is 1.76 bits per heavy atom. The third-order valence-electron chi connectivity index (χ3n) is 2.17. The summed E-state index contributed by atoms with van der Waals surface area (Å²) in [6.45, 7) is 7.19. The van der Waals surface area contributed by atoms with Crippen molar-refractivity contribution in [1.29, 1.82) is 0 Å². The van der Waals surface area contributed by atoms with Crippen LogP contribution in [0.4, 0.5) is 0 Å². The fraction of sp³-hybridized carbons (Fsp3) is 0.429. The Morgan fingerprint density at radius 3 is 2.29 bits per heavy atom. The van der Waals surface area contributed by atoms with Gasteiger partial charge in [0.25, 0.3) is 0 Å². The van der Waals surface area contributed by atoms with Gasteiger partial charge in [-0.15, -0.1) is 0 Å². The number of benzene rings is 1. The van der Waals surface area contributed by atoms with Crippen molar-refractivity contribution in [2.45, 2.75) is 39.7 Å². The molecule has 0 aliphatic carbocycles. The zero-order valence-corrected chi connectivity index (χ0v) is 10.7. The van der Waals surface area contributed by atoms with Gasteiger partial charge >= 0.3 is 5.97 Å². The van der Waals surface area contributed by atoms with E-state index in [1.54, 1.807) is 32.9 Å². The number of hydrogen-bond donors (Lipinski definition) is 0. The topological polar surface area (TPSA) is 43.4 Å². The first-order valence-electron chi connectivity index (χ1n) is 5.60. The van der Waals surface area contributed by atoms with Crippen LogP contribution in [0.15, 0.2) is 24.3 Å². The van der Waals surface area contributed by atoms with E-state index in [1.165, 1.54) is 0 Å². The lowest BCUT2D eigenvalue weighted by Crippen LogP contribution is -2.25. The Hall–Kier alpha value is -1.64. The van der Waals surface area contributed by atoms with Crippen molar-refractivity contribution in [3.8, 4) is 0 Å². The van der Waals surface area contributed by atoms with Crippen LogP contribution in [-0.4, -0.2) is 17.4 Å². The van der Waals surface area contributed by atoms with E-state index in [4.69, 9.17) is 4.74 Å². The predicted octanol–water partition coefficient (Wildman–Crippen LogP) is 2.91. The molecule has 0 radical (unpaired) electrons. The predicted molar refractivity (Wildman–Crippen MR) is 66.0 cm³/mol. The van der Waals surface area contributed by atoms with E-state index in [2.05, 4.69) is 0 Å². The molecule has 3 nitrogen and oxygen atoms in total. The van der Waals surface area contributed by atoms with E-state index >= 15 is 0 Å². The fourth-order valence-corrected chi connectivity index (χ4v) is 1.49. The minimum atomic E-state index is -0.552. The van der Waals surface area contributed by atoms with Gasteiger partial charge in [0.1, 0.15) is 12.0 Å². The van der Waals surface area contributed by atoms with E-state index in [0.29, 0.717) is 5.56 Å². The molecule has 17 heavy (non-hydrogen) atoms. The standard InChI is InChI=1S/C14H18O3/c1-10-7-5-6-8-11(10)12(15)9-13(16)17-14(2,3)4/h5-8H,9H2,1-4H3. The van der Waals surface area contributed by atoms with Crippen molar-refractivity contribution in [3.05, 3.63) is 35.4 Å². The highest BCUT2D eigenvalue weighted by Crippen LogP contribution is 2.13. The van der Waals surface area contributed by atoms with Crippen LogP contribution in [0.2, 0.25) is 0 Å². The van der Waals surface area contributed by atoms with Crippen molar-refractivity contribution < 1.29 is 14.3 Å². The lowest BCUT2D eigenvalue weighted by Gasteiger charge is -2.19. The minimum absolute atomic E-state index is 0.197. The van der Waals surface area contributed by atoms with Crippen molar-refractivity contribution >= 4 is 11.8 Å². The number of carbonyl (C=O) groups is 2. The van der Waals surface area contributed by atoms with Crippen LogP contribution in [0.25, 0.3) is 0 Å². The SMILES string of the molecule is Cc1ccccc1C(=O)CC(=O)OC(C)(C)C. The summed E-state index contributed by atoms with van der Waals surface area (Å²) in [5.74, 6) is -0.678. The van der Waals surface area contributed by atoms with Crippen LogP contribution >= 0.6 is 0 Å². The van der Waals surface area contributed by atoms with E-state index in [1.807, 2.05) is 19.1 Å². The van der Waals surface area contributed by atoms with Crippen molar-refractivity contribution in [3.63, 3.8) is 0 Å². The third kappa shape index (κ3) is 4.39. The highest BCUT2D eigenvalue weighted by molar-refractivity contribution is 6.06. The van der Waals surface area contributed by atoms with Gasteiger partial charge in [0.15, 0.2) is 5.78 Å². The first-order valence-corrected chi connectivity index (χ1v) is 5.60. The molecule has 0 atom stereocenters. The number of hydrogen-bond acceptors (Lipinski definition) is 3. The molecular weight excluding hydrogens is 216 g/mol. The molecule has 0 aliphatic heterocycles. The molecule has 0 unspecified atom stereocenters. The molecule has 0 saturated carbocycles. The second-order valence-corrected chi connectivity index (χ2v) is 5.00. The van der Waals surface area contributed by atoms with Crippen LogP contribution in [0.5, 0.6) is 0 Å². The summed E-state index contributed by atoms with van der Waals surface area (Å²) in [5, 5.41) is 0. The summed E-state index contributed by atoms with van der Waals surface area (Å²) in [5.41, 5.74) is 0.905. The zero-order valence-electron chi connectivity index (χ0n) is 10.7. The normalized spacial score (nSPS) is 11.1. The zero-order chi connectivity index (χ0) is 13.1. The Bertz CT molecular complexity index is 427. The van der Waals surface area contributed by atoms with Gasteiger partial charge < -0.3 is 4.74 Å². The van der Waals surface area contributed by atoms with E-state index in [-0.39, 0.29) is 12.2 Å². The third-order valence-corrected chi connectivity index (χ3v) is 2.17. The van der Waals surface area contributed by atoms with Gasteiger partial charge in [-0.2, -0.15) is 0 Å². The summed E-state index contributed by atoms with van der Waals surface area (Å²) in [7, 11) is 0. The molecule has 0 fully saturated rings.